The van der Waals surface area contributed by atoms with E-state index in [0.717, 1.165) is 26.2 Å². The van der Waals surface area contributed by atoms with E-state index in [-0.39, 0.29) is 19.2 Å². The summed E-state index contributed by atoms with van der Waals surface area (Å²) in [6.07, 6.45) is 24.0. The molecule has 0 unspecified atom stereocenters. The molecule has 0 radical (unpaired) electrons. The average Bonchev–Trinajstić information content (AvgIpc) is 3.22. The number of aliphatic hydroxyl groups is 1. The molecule has 58 heavy (non-hydrogen) atoms. The van der Waals surface area contributed by atoms with Crippen LogP contribution in [0.5, 0.6) is 5.75 Å². The van der Waals surface area contributed by atoms with Crippen LogP contribution in [0.1, 0.15) is 156 Å². The van der Waals surface area contributed by atoms with Gasteiger partial charge in [0, 0.05) is 6.61 Å². The van der Waals surface area contributed by atoms with Crippen molar-refractivity contribution < 1.29 is 74.7 Å². The monoisotopic (exact) mass is 840 g/mol. The van der Waals surface area contributed by atoms with E-state index in [1.165, 1.54) is 109 Å². The number of hydrogen-bond donors (Lipinski definition) is 1. The highest BCUT2D eigenvalue weighted by Crippen LogP contribution is 2.32. The van der Waals surface area contributed by atoms with Gasteiger partial charge in [0.05, 0.1) is 6.61 Å². The number of unbranched alkanes of at least 4 members (excludes halogenated alkanes) is 18. The summed E-state index contributed by atoms with van der Waals surface area (Å²) in [7, 11) is 0. The van der Waals surface area contributed by atoms with Gasteiger partial charge in [-0.2, -0.15) is 8.78 Å². The molecule has 2 fully saturated rings. The normalized spacial score (nSPS) is 15.3. The average molecular weight is 841 g/mol. The molecule has 334 valence electrons. The molecule has 0 saturated carbocycles. The lowest BCUT2D eigenvalue weighted by Gasteiger charge is -2.29. The van der Waals surface area contributed by atoms with Crippen molar-refractivity contribution in [3.63, 3.8) is 0 Å². The van der Waals surface area contributed by atoms with Gasteiger partial charge < -0.3 is 33.5 Å². The fourth-order valence-corrected chi connectivity index (χ4v) is 5.69. The van der Waals surface area contributed by atoms with Crippen molar-refractivity contribution in [2.24, 2.45) is 10.8 Å². The van der Waals surface area contributed by atoms with Gasteiger partial charge in [-0.25, -0.2) is 22.8 Å². The molecule has 2 aliphatic rings. The molecule has 0 atom stereocenters. The summed E-state index contributed by atoms with van der Waals surface area (Å²) in [6.45, 7) is 7.13. The Morgan fingerprint density at radius 2 is 0.828 bits per heavy atom. The number of carbonyl (C=O) groups excluding carboxylic acids is 4. The van der Waals surface area contributed by atoms with Gasteiger partial charge in [0.1, 0.15) is 37.3 Å². The van der Waals surface area contributed by atoms with Crippen LogP contribution in [0.15, 0.2) is 0 Å². The summed E-state index contributed by atoms with van der Waals surface area (Å²) >= 11 is 0. The zero-order valence-corrected chi connectivity index (χ0v) is 34.8. The second kappa shape index (κ2) is 29.5. The molecule has 2 aliphatic heterocycles. The van der Waals surface area contributed by atoms with E-state index in [1.54, 1.807) is 6.92 Å². The molecule has 16 heteroatoms. The maximum atomic E-state index is 13.4. The summed E-state index contributed by atoms with van der Waals surface area (Å²) in [6, 6.07) is 0. The van der Waals surface area contributed by atoms with Crippen molar-refractivity contribution in [2.45, 2.75) is 156 Å². The van der Waals surface area contributed by atoms with Crippen LogP contribution in [0.25, 0.3) is 0 Å². The fraction of sp³-hybridized carbons (Fsp3) is 0.762. The first-order chi connectivity index (χ1) is 27.7. The van der Waals surface area contributed by atoms with Crippen LogP contribution in [0.3, 0.4) is 0 Å². The van der Waals surface area contributed by atoms with E-state index in [4.69, 9.17) is 19.3 Å². The molecular formula is C42H65F5O11. The highest BCUT2D eigenvalue weighted by molar-refractivity contribution is 5.80. The highest BCUT2D eigenvalue weighted by Gasteiger charge is 2.44. The lowest BCUT2D eigenvalue weighted by atomic mass is 9.92. The molecule has 0 amide bonds. The topological polar surface area (TPSA) is 144 Å². The van der Waals surface area contributed by atoms with Crippen LogP contribution in [0, 0.1) is 39.9 Å². The number of esters is 2. The van der Waals surface area contributed by atoms with Gasteiger partial charge in [-0.05, 0) is 26.7 Å². The predicted molar refractivity (Wildman–Crippen MR) is 204 cm³/mol. The smallest absolute Gasteiger partial charge is 0.465 e. The second-order valence-corrected chi connectivity index (χ2v) is 15.3. The Bertz CT molecular complexity index is 1320. The Morgan fingerprint density at radius 1 is 0.517 bits per heavy atom. The van der Waals surface area contributed by atoms with E-state index in [2.05, 4.69) is 28.1 Å². The van der Waals surface area contributed by atoms with Crippen molar-refractivity contribution in [1.82, 2.24) is 0 Å². The first-order valence-corrected chi connectivity index (χ1v) is 20.8. The lowest BCUT2D eigenvalue weighted by molar-refractivity contribution is -0.166. The molecule has 0 spiro atoms. The summed E-state index contributed by atoms with van der Waals surface area (Å²) in [5.74, 6) is -14.9. The van der Waals surface area contributed by atoms with Gasteiger partial charge in [-0.15, -0.1) is 0 Å². The molecule has 0 bridgehead atoms. The van der Waals surface area contributed by atoms with Gasteiger partial charge in [0.2, 0.25) is 34.8 Å². The van der Waals surface area contributed by atoms with Crippen molar-refractivity contribution in [3.8, 4) is 5.75 Å². The lowest BCUT2D eigenvalue weighted by Crippen LogP contribution is -2.45. The maximum absolute atomic E-state index is 13.4. The minimum absolute atomic E-state index is 0.0305. The van der Waals surface area contributed by atoms with E-state index in [0.29, 0.717) is 13.2 Å². The molecule has 2 saturated heterocycles. The van der Waals surface area contributed by atoms with Crippen molar-refractivity contribution in [2.75, 3.05) is 39.6 Å². The summed E-state index contributed by atoms with van der Waals surface area (Å²) in [4.78, 5) is 45.4. The third kappa shape index (κ3) is 19.8. The Hall–Kier alpha value is -3.69. The highest BCUT2D eigenvalue weighted by atomic mass is 19.2. The van der Waals surface area contributed by atoms with Crippen molar-refractivity contribution in [3.05, 3.63) is 29.1 Å². The van der Waals surface area contributed by atoms with Crippen LogP contribution in [0.4, 0.5) is 31.5 Å². The minimum atomic E-state index is -2.38. The number of aliphatic hydroxyl groups excluding tert-OH is 1. The van der Waals surface area contributed by atoms with E-state index < -0.39 is 77.2 Å². The number of rotatable bonds is 24. The zero-order valence-electron chi connectivity index (χ0n) is 34.8. The van der Waals surface area contributed by atoms with Gasteiger partial charge in [0.25, 0.3) is 0 Å². The summed E-state index contributed by atoms with van der Waals surface area (Å²) in [5.41, 5.74) is -2.53. The largest absolute Gasteiger partial charge is 0.508 e. The number of benzene rings is 1. The fourth-order valence-electron chi connectivity index (χ4n) is 5.69. The maximum Gasteiger partial charge on any atom is 0.508 e. The minimum Gasteiger partial charge on any atom is -0.465 e. The summed E-state index contributed by atoms with van der Waals surface area (Å²) in [5, 5.41) is 8.57. The third-order valence-corrected chi connectivity index (χ3v) is 9.63. The number of halogens is 5. The first-order valence-electron chi connectivity index (χ1n) is 20.8. The van der Waals surface area contributed by atoms with Gasteiger partial charge >= 0.3 is 24.2 Å². The molecule has 1 N–H and O–H groups in total. The van der Waals surface area contributed by atoms with E-state index >= 15 is 0 Å². The number of hydrogen-bond acceptors (Lipinski definition) is 11. The predicted octanol–water partition coefficient (Wildman–Crippen LogP) is 11.0. The second-order valence-electron chi connectivity index (χ2n) is 15.3. The Kier molecular flexibility index (Phi) is 26.6. The van der Waals surface area contributed by atoms with E-state index in [9.17, 15) is 41.1 Å². The van der Waals surface area contributed by atoms with Gasteiger partial charge in [-0.3, -0.25) is 9.59 Å². The van der Waals surface area contributed by atoms with Gasteiger partial charge in [-0.1, -0.05) is 129 Å². The quantitative estimate of drug-likeness (QED) is 0.0202. The first kappa shape index (κ1) is 52.3. The van der Waals surface area contributed by atoms with E-state index in [1.807, 2.05) is 0 Å². The Morgan fingerprint density at radius 3 is 1.19 bits per heavy atom. The molecule has 0 aromatic heterocycles. The summed E-state index contributed by atoms with van der Waals surface area (Å²) < 4.78 is 93.6. The standard InChI is InChI=1S/C18H32O5.C12H7F5O5.C12H26O/c1-3-4-5-6-7-8-9-10-11-12-13-21-16(19)18(2)14-22-17(20)23-15-18;1-12(2-20-11(19)21-3-12)10(18)22-9-7(16)5(14)4(13)6(15)8(9)17;1-2-3-4-5-6-7-8-9-10-11-12-13/h3-15H2,1-2H3;2-3H2,1H3;13H,2-12H2,1H3. The molecule has 0 aliphatic carbocycles. The number of cyclic esters (lactones) is 4. The van der Waals surface area contributed by atoms with Gasteiger partial charge in [0.15, 0.2) is 0 Å². The van der Waals surface area contributed by atoms with Crippen LogP contribution in [-0.2, 0) is 33.3 Å². The SMILES string of the molecule is CC1(C(=O)Oc2c(F)c(F)c(F)c(F)c2F)COC(=O)OC1.CCCCCCCCCCCCO.CCCCCCCCCCCCOC(=O)C1(C)COC(=O)OC1. The zero-order chi connectivity index (χ0) is 43.4. The van der Waals surface area contributed by atoms with Crippen molar-refractivity contribution >= 4 is 24.2 Å². The van der Waals surface area contributed by atoms with Crippen LogP contribution in [-0.4, -0.2) is 69.0 Å². The molecule has 11 nitrogen and oxygen atoms in total. The number of ether oxygens (including phenoxy) is 6. The van der Waals surface area contributed by atoms with Crippen molar-refractivity contribution in [1.29, 1.82) is 0 Å². The van der Waals surface area contributed by atoms with Crippen LogP contribution < -0.4 is 4.74 Å². The number of carbonyl (C=O) groups is 4. The molecule has 2 heterocycles. The Balaban J connectivity index is 0.000000453. The third-order valence-electron chi connectivity index (χ3n) is 9.63. The molecule has 1 aromatic carbocycles. The molecule has 1 aromatic rings. The van der Waals surface area contributed by atoms with Crippen LogP contribution >= 0.6 is 0 Å². The Labute approximate surface area is 340 Å². The molecular weight excluding hydrogens is 775 g/mol. The molecule has 3 rings (SSSR count). The van der Waals surface area contributed by atoms with Crippen LogP contribution in [0.2, 0.25) is 0 Å².